The average molecular weight is 140 g/mol. The minimum absolute atomic E-state index is 1.37. The van der Waals surface area contributed by atoms with Crippen molar-refractivity contribution in [2.24, 2.45) is 0 Å². The van der Waals surface area contributed by atoms with Crippen LogP contribution in [0.3, 0.4) is 0 Å². The lowest BCUT2D eigenvalue weighted by Crippen LogP contribution is -1.41. The fourth-order valence-corrected chi connectivity index (χ4v) is 0. The highest BCUT2D eigenvalue weighted by Gasteiger charge is 1.61. The molecule has 0 fully saturated rings. The molecule has 0 amide bonds. The average Bonchev–Trinajstić information content (AvgIpc) is 1.33. The summed E-state index contributed by atoms with van der Waals surface area (Å²) in [6.07, 6.45) is 0. The van der Waals surface area contributed by atoms with Crippen LogP contribution in [0.4, 0.5) is 0 Å². The fraction of sp³-hybridized carbons (Fsp3) is 1.00. The number of rotatable bonds is 0. The lowest BCUT2D eigenvalue weighted by Gasteiger charge is -1.61. The molecule has 7 heavy (non-hydrogen) atoms. The Morgan fingerprint density at radius 1 is 1.71 bits per heavy atom. The Morgan fingerprint density at radius 3 is 1.71 bits per heavy atom. The molecule has 0 bridgehead atoms. The van der Waals surface area contributed by atoms with E-state index >= 15 is 0 Å². The first-order valence-electron chi connectivity index (χ1n) is 2.07. The number of hydrogen-bond acceptors (Lipinski definition) is 1. The summed E-state index contributed by atoms with van der Waals surface area (Å²) in [6.45, 7) is 2.19. The zero-order valence-corrected chi connectivity index (χ0v) is 7.51. The van der Waals surface area contributed by atoms with E-state index < -0.39 is 8.25 Å². The maximum Gasteiger partial charge on any atom is 0.314 e. The first kappa shape index (κ1) is 10.6. The molecule has 0 aromatic heterocycles. The normalized spacial score (nSPS) is 7.43. The molecule has 0 spiro atoms. The lowest BCUT2D eigenvalue weighted by molar-refractivity contribution is 0.405. The third kappa shape index (κ3) is 315. The molecule has 3 nitrogen and oxygen atoms in total. The van der Waals surface area contributed by atoms with Gasteiger partial charge in [-0.3, -0.25) is 4.57 Å². The van der Waals surface area contributed by atoms with Crippen LogP contribution in [0.2, 0.25) is 5.28 Å². The molecule has 0 aliphatic carbocycles. The predicted octanol–water partition coefficient (Wildman–Crippen LogP) is -0.582. The van der Waals surface area contributed by atoms with Crippen molar-refractivity contribution >= 4 is 24.5 Å². The van der Waals surface area contributed by atoms with E-state index in [1.165, 1.54) is 21.6 Å². The van der Waals surface area contributed by atoms with Crippen LogP contribution in [0.1, 0.15) is 6.92 Å². The molecule has 0 rings (SSSR count). The molecule has 0 heterocycles. The van der Waals surface area contributed by atoms with Crippen LogP contribution in [-0.2, 0) is 4.57 Å². The second-order valence-corrected chi connectivity index (χ2v) is 2.97. The molecular formula is C2H10AlO3P. The van der Waals surface area contributed by atoms with Crippen LogP contribution in [0.15, 0.2) is 0 Å². The minimum atomic E-state index is -3.13. The topological polar surface area (TPSA) is 57.5 Å². The first-order valence-corrected chi connectivity index (χ1v) is 4.78. The summed E-state index contributed by atoms with van der Waals surface area (Å²) in [5.41, 5.74) is 0. The van der Waals surface area contributed by atoms with Crippen LogP contribution in [0, 0.1) is 0 Å². The smallest absolute Gasteiger partial charge is 0.314 e. The highest BCUT2D eigenvalue weighted by molar-refractivity contribution is 7.30. The van der Waals surface area contributed by atoms with E-state index in [2.05, 4.69) is 6.92 Å². The van der Waals surface area contributed by atoms with Crippen LogP contribution >= 0.6 is 8.25 Å². The SMILES string of the molecule is C[CH2][AlH2].O=[PH](O)O. The standard InChI is InChI=1S/C2H5.Al.H3O3P.2H/c1-2;;1-4(2)3;;/h1H2,2H3;;4H,(H2,1,2,3);;. The molecule has 0 aliphatic rings. The fourth-order valence-electron chi connectivity index (χ4n) is 0. The van der Waals surface area contributed by atoms with Gasteiger partial charge in [0.25, 0.3) is 0 Å². The van der Waals surface area contributed by atoms with Gasteiger partial charge in [0, 0.05) is 0 Å². The second-order valence-electron chi connectivity index (χ2n) is 0.990. The summed E-state index contributed by atoms with van der Waals surface area (Å²) < 4.78 is 8.74. The van der Waals surface area contributed by atoms with Gasteiger partial charge in [-0.1, -0.05) is 6.92 Å². The quantitative estimate of drug-likeness (QED) is 0.349. The summed E-state index contributed by atoms with van der Waals surface area (Å²) in [4.78, 5) is 14.3. The van der Waals surface area contributed by atoms with Gasteiger partial charge in [0.15, 0.2) is 0 Å². The van der Waals surface area contributed by atoms with Gasteiger partial charge in [-0.05, 0) is 0 Å². The predicted molar refractivity (Wildman–Crippen MR) is 32.5 cm³/mol. The Bertz CT molecular complexity index is 44.2. The molecule has 0 aliphatic heterocycles. The van der Waals surface area contributed by atoms with Gasteiger partial charge in [0.1, 0.15) is 0 Å². The van der Waals surface area contributed by atoms with E-state index in [9.17, 15) is 0 Å². The zero-order valence-electron chi connectivity index (χ0n) is 4.51. The van der Waals surface area contributed by atoms with Crippen LogP contribution < -0.4 is 0 Å². The lowest BCUT2D eigenvalue weighted by atomic mass is 11.0. The number of hydrogen-bond donors (Lipinski definition) is 2. The van der Waals surface area contributed by atoms with Crippen molar-refractivity contribution in [2.45, 2.75) is 12.2 Å². The summed E-state index contributed by atoms with van der Waals surface area (Å²) in [5.74, 6) is 0. The molecular weight excluding hydrogens is 130 g/mol. The highest BCUT2D eigenvalue weighted by atomic mass is 31.1. The summed E-state index contributed by atoms with van der Waals surface area (Å²) in [7, 11) is -3.13. The second kappa shape index (κ2) is 9.84. The van der Waals surface area contributed by atoms with Crippen molar-refractivity contribution in [3.05, 3.63) is 0 Å². The van der Waals surface area contributed by atoms with Crippen LogP contribution in [0.5, 0.6) is 0 Å². The van der Waals surface area contributed by atoms with Gasteiger partial charge in [-0.25, -0.2) is 0 Å². The van der Waals surface area contributed by atoms with Gasteiger partial charge in [-0.2, -0.15) is 0 Å². The minimum Gasteiger partial charge on any atom is -0.326 e. The molecule has 0 saturated heterocycles. The summed E-state index contributed by atoms with van der Waals surface area (Å²) in [5, 5.41) is 1.39. The Morgan fingerprint density at radius 2 is 1.71 bits per heavy atom. The molecule has 0 aromatic carbocycles. The van der Waals surface area contributed by atoms with Crippen LogP contribution in [-0.4, -0.2) is 26.1 Å². The molecule has 0 saturated carbocycles. The van der Waals surface area contributed by atoms with Crippen molar-refractivity contribution in [1.82, 2.24) is 0 Å². The highest BCUT2D eigenvalue weighted by Crippen LogP contribution is 1.98. The van der Waals surface area contributed by atoms with Crippen molar-refractivity contribution in [2.75, 3.05) is 0 Å². The summed E-state index contributed by atoms with van der Waals surface area (Å²) in [6, 6.07) is 0. The van der Waals surface area contributed by atoms with Crippen molar-refractivity contribution < 1.29 is 14.4 Å². The Balaban J connectivity index is 0. The molecule has 0 unspecified atom stereocenters. The molecule has 44 valence electrons. The van der Waals surface area contributed by atoms with Gasteiger partial charge in [0.05, 0.1) is 0 Å². The maximum atomic E-state index is 8.74. The Labute approximate surface area is 51.7 Å². The van der Waals surface area contributed by atoms with E-state index in [1.54, 1.807) is 0 Å². The van der Waals surface area contributed by atoms with E-state index in [4.69, 9.17) is 14.4 Å². The van der Waals surface area contributed by atoms with Crippen molar-refractivity contribution in [1.29, 1.82) is 0 Å². The Kier molecular flexibility index (Phi) is 14.9. The molecule has 0 radical (unpaired) electrons. The van der Waals surface area contributed by atoms with E-state index in [0.29, 0.717) is 0 Å². The van der Waals surface area contributed by atoms with E-state index in [1.807, 2.05) is 0 Å². The van der Waals surface area contributed by atoms with E-state index in [-0.39, 0.29) is 0 Å². The van der Waals surface area contributed by atoms with Crippen molar-refractivity contribution in [3.63, 3.8) is 0 Å². The van der Waals surface area contributed by atoms with Gasteiger partial charge in [-0.15, -0.1) is 5.28 Å². The van der Waals surface area contributed by atoms with E-state index in [0.717, 1.165) is 0 Å². The van der Waals surface area contributed by atoms with Crippen LogP contribution in [0.25, 0.3) is 0 Å². The molecule has 0 aromatic rings. The van der Waals surface area contributed by atoms with Gasteiger partial charge in [0.2, 0.25) is 16.3 Å². The summed E-state index contributed by atoms with van der Waals surface area (Å²) >= 11 is 1.37. The third-order valence-corrected chi connectivity index (χ3v) is 0. The molecule has 5 heteroatoms. The Hall–Kier alpha value is 0.682. The van der Waals surface area contributed by atoms with Gasteiger partial charge < -0.3 is 9.79 Å². The monoisotopic (exact) mass is 140 g/mol. The maximum absolute atomic E-state index is 8.74. The molecule has 2 N–H and O–H groups in total. The zero-order chi connectivity index (χ0) is 6.28. The third-order valence-electron chi connectivity index (χ3n) is 0. The molecule has 0 atom stereocenters. The largest absolute Gasteiger partial charge is 0.326 e. The first-order chi connectivity index (χ1) is 3.15. The van der Waals surface area contributed by atoms with Crippen molar-refractivity contribution in [3.8, 4) is 0 Å². The van der Waals surface area contributed by atoms with Gasteiger partial charge >= 0.3 is 8.25 Å².